The van der Waals surface area contributed by atoms with Gasteiger partial charge in [0.2, 0.25) is 11.8 Å². The van der Waals surface area contributed by atoms with Crippen molar-refractivity contribution in [2.45, 2.75) is 89.8 Å². The Morgan fingerprint density at radius 3 is 1.65 bits per heavy atom. The SMILES string of the molecule is CCCC(=O)N[C@@H](C(=O)N1CCC[C@H]1c1ncc(-c2cc3c4c(c2)OCc2cc(-c5cnc([C@@H]6CCCN6C(=O)[C@H](NC(=O)OCC)c6ccccc6)[nH]5)cc(c2-4)OC3)[nH]1)c1ccccc1. The second-order valence-electron chi connectivity index (χ2n) is 17.2. The third-order valence-electron chi connectivity index (χ3n) is 13.0. The molecule has 0 unspecified atom stereocenters. The van der Waals surface area contributed by atoms with E-state index in [1.165, 1.54) is 0 Å². The van der Waals surface area contributed by atoms with Crippen molar-refractivity contribution in [3.8, 4) is 45.1 Å². The van der Waals surface area contributed by atoms with Gasteiger partial charge in [-0.05, 0) is 74.4 Å². The van der Waals surface area contributed by atoms with Crippen LogP contribution in [0.3, 0.4) is 0 Å². The molecule has 4 amide bonds. The molecular weight excluding hydrogens is 837 g/mol. The maximum Gasteiger partial charge on any atom is 0.408 e. The first-order chi connectivity index (χ1) is 32.3. The summed E-state index contributed by atoms with van der Waals surface area (Å²) in [6.07, 6.45) is 7.09. The van der Waals surface area contributed by atoms with Crippen molar-refractivity contribution >= 4 is 23.8 Å². The van der Waals surface area contributed by atoms with Gasteiger partial charge in [-0.3, -0.25) is 14.4 Å². The largest absolute Gasteiger partial charge is 0.488 e. The lowest BCUT2D eigenvalue weighted by molar-refractivity contribution is -0.137. The van der Waals surface area contributed by atoms with E-state index in [9.17, 15) is 19.2 Å². The highest BCUT2D eigenvalue weighted by Gasteiger charge is 2.39. The molecule has 2 aromatic heterocycles. The number of imidazole rings is 2. The van der Waals surface area contributed by atoms with Gasteiger partial charge in [-0.2, -0.15) is 0 Å². The van der Waals surface area contributed by atoms with E-state index in [1.54, 1.807) is 18.0 Å². The van der Waals surface area contributed by atoms with Crippen LogP contribution >= 0.6 is 0 Å². The number of rotatable bonds is 13. The van der Waals surface area contributed by atoms with Gasteiger partial charge < -0.3 is 44.6 Å². The summed E-state index contributed by atoms with van der Waals surface area (Å²) in [6.45, 7) is 5.63. The third kappa shape index (κ3) is 8.13. The number of amides is 4. The molecule has 15 nitrogen and oxygen atoms in total. The summed E-state index contributed by atoms with van der Waals surface area (Å²) in [5, 5.41) is 5.77. The summed E-state index contributed by atoms with van der Waals surface area (Å²) in [5.74, 6) is 2.36. The maximum absolute atomic E-state index is 14.2. The van der Waals surface area contributed by atoms with Crippen molar-refractivity contribution in [2.75, 3.05) is 19.7 Å². The summed E-state index contributed by atoms with van der Waals surface area (Å²) in [4.78, 5) is 73.9. The minimum Gasteiger partial charge on any atom is -0.488 e. The number of likely N-dealkylation sites (tertiary alicyclic amines) is 2. The van der Waals surface area contributed by atoms with Crippen molar-refractivity contribution in [2.24, 2.45) is 0 Å². The zero-order chi connectivity index (χ0) is 45.3. The first-order valence-electron chi connectivity index (χ1n) is 22.9. The van der Waals surface area contributed by atoms with Crippen LogP contribution < -0.4 is 20.1 Å². The van der Waals surface area contributed by atoms with Crippen LogP contribution in [0.25, 0.3) is 33.6 Å². The van der Waals surface area contributed by atoms with Gasteiger partial charge >= 0.3 is 6.09 Å². The lowest BCUT2D eigenvalue weighted by Crippen LogP contribution is -2.43. The predicted octanol–water partition coefficient (Wildman–Crippen LogP) is 8.39. The smallest absolute Gasteiger partial charge is 0.408 e. The summed E-state index contributed by atoms with van der Waals surface area (Å²) in [7, 11) is 0. The number of H-pyrrole nitrogens is 2. The Bertz CT molecular complexity index is 2550. The molecular formula is C51H52N8O7. The highest BCUT2D eigenvalue weighted by atomic mass is 16.5. The fraction of sp³-hybridized carbons (Fsp3) is 0.333. The molecule has 0 spiro atoms. The number of alkyl carbamates (subject to hydrolysis) is 1. The van der Waals surface area contributed by atoms with Crippen molar-refractivity contribution < 1.29 is 33.4 Å². The van der Waals surface area contributed by atoms with E-state index in [1.807, 2.05) is 90.8 Å². The van der Waals surface area contributed by atoms with Gasteiger partial charge in [0.05, 0.1) is 42.5 Å². The molecule has 0 aliphatic carbocycles. The Hall–Kier alpha value is -7.42. The number of nitrogens with zero attached hydrogens (tertiary/aromatic N) is 4. The molecule has 66 heavy (non-hydrogen) atoms. The molecule has 2 saturated heterocycles. The van der Waals surface area contributed by atoms with Crippen LogP contribution in [0, 0.1) is 0 Å². The molecule has 338 valence electrons. The van der Waals surface area contributed by atoms with Crippen LogP contribution in [0.5, 0.6) is 11.5 Å². The number of ether oxygens (including phenoxy) is 3. The van der Waals surface area contributed by atoms with Crippen molar-refractivity contribution in [1.82, 2.24) is 40.4 Å². The Kier molecular flexibility index (Phi) is 11.7. The number of benzene rings is 4. The lowest BCUT2D eigenvalue weighted by atomic mass is 9.87. The van der Waals surface area contributed by atoms with Crippen LogP contribution in [-0.4, -0.2) is 73.2 Å². The monoisotopic (exact) mass is 888 g/mol. The Balaban J connectivity index is 0.872. The molecule has 6 heterocycles. The second-order valence-corrected chi connectivity index (χ2v) is 17.2. The Morgan fingerprint density at radius 2 is 1.18 bits per heavy atom. The van der Waals surface area contributed by atoms with Crippen LogP contribution in [0.4, 0.5) is 4.79 Å². The molecule has 0 saturated carbocycles. The standard InChI is InChI=1S/C51H52N8O7/c1-3-13-42(60)56-45(30-14-7-5-8-15-30)49(61)58-20-11-18-38(58)47-52-26-36(54-47)32-22-34-28-66-41-25-33(23-35-29-65-40(24-32)43(34)44(35)41)37-27-53-48(55-37)39-19-12-21-59(39)50(62)46(57-51(63)64-4-2)31-16-9-6-10-17-31/h5-10,14-17,22-27,38-39,45-46H,3-4,11-13,18-21,28-29H2,1-2H3,(H,52,54)(H,53,55)(H,56,60)(H,57,63)/t38-,39-,45+,46+/m0/s1. The number of hydrogen-bond donors (Lipinski definition) is 4. The summed E-state index contributed by atoms with van der Waals surface area (Å²) in [6, 6.07) is 24.6. The van der Waals surface area contributed by atoms with Crippen LogP contribution in [0.1, 0.15) is 110 Å². The molecule has 4 aliphatic rings. The number of aromatic nitrogens is 4. The highest BCUT2D eigenvalue weighted by molar-refractivity contribution is 5.90. The van der Waals surface area contributed by atoms with Gasteiger partial charge in [-0.1, -0.05) is 67.6 Å². The molecule has 4 aliphatic heterocycles. The van der Waals surface area contributed by atoms with Gasteiger partial charge in [0, 0.05) is 52.9 Å². The molecule has 15 heteroatoms. The van der Waals surface area contributed by atoms with Gasteiger partial charge in [-0.15, -0.1) is 0 Å². The normalized spacial score (nSPS) is 17.8. The Morgan fingerprint density at radius 1 is 0.697 bits per heavy atom. The summed E-state index contributed by atoms with van der Waals surface area (Å²) >= 11 is 0. The van der Waals surface area contributed by atoms with E-state index in [0.717, 1.165) is 87.5 Å². The summed E-state index contributed by atoms with van der Waals surface area (Å²) in [5.41, 5.74) is 8.80. The molecule has 0 radical (unpaired) electrons. The molecule has 10 rings (SSSR count). The highest BCUT2D eigenvalue weighted by Crippen LogP contribution is 2.51. The zero-order valence-electron chi connectivity index (χ0n) is 37.0. The van der Waals surface area contributed by atoms with Gasteiger partial charge in [0.25, 0.3) is 5.91 Å². The number of hydrogen-bond acceptors (Lipinski definition) is 9. The number of aromatic amines is 2. The third-order valence-corrected chi connectivity index (χ3v) is 13.0. The van der Waals surface area contributed by atoms with E-state index in [0.29, 0.717) is 56.4 Å². The zero-order valence-corrected chi connectivity index (χ0v) is 37.0. The van der Waals surface area contributed by atoms with Gasteiger partial charge in [-0.25, -0.2) is 14.8 Å². The van der Waals surface area contributed by atoms with Crippen molar-refractivity contribution in [3.05, 3.63) is 131 Å². The molecule has 6 aromatic rings. The molecule has 2 fully saturated rings. The molecule has 0 bridgehead atoms. The van der Waals surface area contributed by atoms with Crippen LogP contribution in [-0.2, 0) is 32.3 Å². The van der Waals surface area contributed by atoms with E-state index >= 15 is 0 Å². The number of carbonyl (C=O) groups is 4. The number of nitrogens with one attached hydrogen (secondary N) is 4. The maximum atomic E-state index is 14.2. The van der Waals surface area contributed by atoms with Crippen LogP contribution in [0.15, 0.2) is 97.3 Å². The van der Waals surface area contributed by atoms with E-state index < -0.39 is 18.2 Å². The Labute approximate surface area is 382 Å². The quantitative estimate of drug-likeness (QED) is 0.0885. The first-order valence-corrected chi connectivity index (χ1v) is 22.9. The van der Waals surface area contributed by atoms with E-state index in [4.69, 9.17) is 24.2 Å². The fourth-order valence-corrected chi connectivity index (χ4v) is 9.87. The molecule has 4 aromatic carbocycles. The first kappa shape index (κ1) is 42.5. The second kappa shape index (κ2) is 18.2. The number of carbonyl (C=O) groups excluding carboxylic acids is 4. The molecule has 4 atom stereocenters. The predicted molar refractivity (Wildman–Crippen MR) is 245 cm³/mol. The fourth-order valence-electron chi connectivity index (χ4n) is 9.87. The van der Waals surface area contributed by atoms with E-state index in [2.05, 4.69) is 32.7 Å². The molecule has 4 N–H and O–H groups in total. The average Bonchev–Trinajstić information content (AvgIpc) is 4.20. The minimum atomic E-state index is -0.904. The van der Waals surface area contributed by atoms with Crippen LogP contribution in [0.2, 0.25) is 0 Å². The summed E-state index contributed by atoms with van der Waals surface area (Å²) < 4.78 is 18.1. The lowest BCUT2D eigenvalue weighted by Gasteiger charge is -2.30. The van der Waals surface area contributed by atoms with Crippen molar-refractivity contribution in [3.63, 3.8) is 0 Å². The average molecular weight is 889 g/mol. The minimum absolute atomic E-state index is 0.146. The van der Waals surface area contributed by atoms with Gasteiger partial charge in [0.15, 0.2) is 0 Å². The topological polar surface area (TPSA) is 184 Å². The van der Waals surface area contributed by atoms with E-state index in [-0.39, 0.29) is 36.4 Å². The van der Waals surface area contributed by atoms with Gasteiger partial charge in [0.1, 0.15) is 48.4 Å². The van der Waals surface area contributed by atoms with Crippen molar-refractivity contribution in [1.29, 1.82) is 0 Å².